The first-order chi connectivity index (χ1) is 20.0. The van der Waals surface area contributed by atoms with E-state index in [4.69, 9.17) is 9.84 Å². The Labute approximate surface area is 254 Å². The molecule has 0 unspecified atom stereocenters. The predicted octanol–water partition coefficient (Wildman–Crippen LogP) is 6.78. The number of pyridine rings is 2. The second-order valence-electron chi connectivity index (χ2n) is 10.7. The van der Waals surface area contributed by atoms with E-state index in [1.54, 1.807) is 16.8 Å². The number of anilines is 2. The zero-order valence-electron chi connectivity index (χ0n) is 24.2. The fourth-order valence-electron chi connectivity index (χ4n) is 4.17. The van der Waals surface area contributed by atoms with Crippen LogP contribution in [0.1, 0.15) is 42.6 Å². The summed E-state index contributed by atoms with van der Waals surface area (Å²) >= 11 is 0. The molecule has 3 aromatic heterocycles. The molecule has 0 fully saturated rings. The maximum Gasteiger partial charge on any atom is 0.324 e. The first kappa shape index (κ1) is 30.9. The van der Waals surface area contributed by atoms with Crippen molar-refractivity contribution >= 4 is 46.8 Å². The smallest absolute Gasteiger partial charge is 0.324 e. The van der Waals surface area contributed by atoms with Crippen molar-refractivity contribution in [3.05, 3.63) is 95.8 Å². The van der Waals surface area contributed by atoms with Gasteiger partial charge in [-0.2, -0.15) is 5.10 Å². The van der Waals surface area contributed by atoms with Crippen LogP contribution in [0, 0.1) is 12.7 Å². The number of benzene rings is 2. The highest BCUT2D eigenvalue weighted by molar-refractivity contribution is 5.99. The first-order valence-corrected chi connectivity index (χ1v) is 13.2. The van der Waals surface area contributed by atoms with Crippen LogP contribution in [0.25, 0.3) is 16.6 Å². The Balaban J connectivity index is 0.00000423. The van der Waals surface area contributed by atoms with Gasteiger partial charge >= 0.3 is 6.03 Å². The molecule has 43 heavy (non-hydrogen) atoms. The van der Waals surface area contributed by atoms with Gasteiger partial charge in [-0.1, -0.05) is 26.8 Å². The van der Waals surface area contributed by atoms with Crippen LogP contribution in [0.2, 0.25) is 0 Å². The monoisotopic (exact) mass is 603 g/mol. The average Bonchev–Trinajstić information content (AvgIpc) is 3.38. The molecular weight excluding hydrogens is 573 g/mol. The molecule has 3 heterocycles. The normalized spacial score (nSPS) is 11.0. The molecule has 0 aliphatic rings. The van der Waals surface area contributed by atoms with Gasteiger partial charge in [-0.05, 0) is 49.4 Å². The number of fused-ring (bicyclic) bond motifs is 1. The Hall–Kier alpha value is -5.03. The SMILES string of the molecule is CNC(=O)c1cc(Oc2ccc(NC(=O)Nc3cc(C(C)(C)C)nn3-c3ccc4nc(C)ccc4c3)c(F)c2)ccn1.Cl. The first-order valence-electron chi connectivity index (χ1n) is 13.2. The van der Waals surface area contributed by atoms with Crippen LogP contribution in [-0.2, 0) is 5.41 Å². The Morgan fingerprint density at radius 2 is 1.70 bits per heavy atom. The third kappa shape index (κ3) is 7.07. The van der Waals surface area contributed by atoms with Crippen LogP contribution < -0.4 is 20.7 Å². The number of urea groups is 1. The Bertz CT molecular complexity index is 1820. The quantitative estimate of drug-likeness (QED) is 0.197. The summed E-state index contributed by atoms with van der Waals surface area (Å²) in [6.07, 6.45) is 1.42. The number of ether oxygens (including phenoxy) is 1. The fourth-order valence-corrected chi connectivity index (χ4v) is 4.17. The molecule has 3 N–H and O–H groups in total. The molecule has 0 atom stereocenters. The summed E-state index contributed by atoms with van der Waals surface area (Å²) in [5.74, 6) is -0.169. The lowest BCUT2D eigenvalue weighted by molar-refractivity contribution is 0.0957. The van der Waals surface area contributed by atoms with E-state index < -0.39 is 11.8 Å². The predicted molar refractivity (Wildman–Crippen MR) is 166 cm³/mol. The third-order valence-corrected chi connectivity index (χ3v) is 6.39. The maximum atomic E-state index is 15.0. The van der Waals surface area contributed by atoms with Crippen molar-refractivity contribution in [3.63, 3.8) is 0 Å². The molecule has 5 aromatic rings. The van der Waals surface area contributed by atoms with E-state index in [1.807, 2.05) is 58.0 Å². The number of carbonyl (C=O) groups excluding carboxylic acids is 2. The molecule has 0 saturated carbocycles. The van der Waals surface area contributed by atoms with Crippen molar-refractivity contribution in [1.82, 2.24) is 25.1 Å². The van der Waals surface area contributed by atoms with Gasteiger partial charge in [0, 0.05) is 47.9 Å². The van der Waals surface area contributed by atoms with Crippen LogP contribution in [-0.4, -0.2) is 38.7 Å². The van der Waals surface area contributed by atoms with E-state index in [0.717, 1.165) is 34.0 Å². The van der Waals surface area contributed by atoms with Crippen LogP contribution >= 0.6 is 12.4 Å². The molecule has 10 nitrogen and oxygen atoms in total. The minimum atomic E-state index is -0.704. The van der Waals surface area contributed by atoms with E-state index in [0.29, 0.717) is 11.6 Å². The van der Waals surface area contributed by atoms with Gasteiger partial charge in [0.05, 0.1) is 22.6 Å². The Morgan fingerprint density at radius 1 is 0.930 bits per heavy atom. The number of halogens is 2. The topological polar surface area (TPSA) is 123 Å². The van der Waals surface area contributed by atoms with Gasteiger partial charge < -0.3 is 15.4 Å². The molecule has 2 aromatic carbocycles. The van der Waals surface area contributed by atoms with Crippen molar-refractivity contribution in [2.75, 3.05) is 17.7 Å². The van der Waals surface area contributed by atoms with E-state index in [2.05, 4.69) is 25.9 Å². The third-order valence-electron chi connectivity index (χ3n) is 6.39. The van der Waals surface area contributed by atoms with E-state index >= 15 is 0 Å². The van der Waals surface area contributed by atoms with E-state index in [9.17, 15) is 14.0 Å². The highest BCUT2D eigenvalue weighted by Gasteiger charge is 2.22. The molecular formula is C31H31ClFN7O3. The highest BCUT2D eigenvalue weighted by Crippen LogP contribution is 2.29. The Morgan fingerprint density at radius 3 is 2.42 bits per heavy atom. The van der Waals surface area contributed by atoms with Crippen molar-refractivity contribution in [2.24, 2.45) is 0 Å². The molecule has 0 radical (unpaired) electrons. The highest BCUT2D eigenvalue weighted by atomic mass is 35.5. The average molecular weight is 604 g/mol. The van der Waals surface area contributed by atoms with Gasteiger partial charge in [-0.25, -0.2) is 13.9 Å². The van der Waals surface area contributed by atoms with Crippen molar-refractivity contribution in [3.8, 4) is 17.2 Å². The molecule has 5 rings (SSSR count). The number of rotatable bonds is 6. The molecule has 0 spiro atoms. The van der Waals surface area contributed by atoms with Crippen molar-refractivity contribution in [2.45, 2.75) is 33.1 Å². The number of nitrogens with one attached hydrogen (secondary N) is 3. The summed E-state index contributed by atoms with van der Waals surface area (Å²) in [5.41, 5.74) is 3.11. The van der Waals surface area contributed by atoms with Gasteiger partial charge in [0.25, 0.3) is 5.91 Å². The molecule has 0 aliphatic heterocycles. The lowest BCUT2D eigenvalue weighted by Gasteiger charge is -2.14. The van der Waals surface area contributed by atoms with E-state index in [1.165, 1.54) is 31.4 Å². The minimum Gasteiger partial charge on any atom is -0.457 e. The number of amides is 3. The number of aromatic nitrogens is 4. The molecule has 222 valence electrons. The van der Waals surface area contributed by atoms with Crippen LogP contribution in [0.5, 0.6) is 11.5 Å². The summed E-state index contributed by atoms with van der Waals surface area (Å²) in [6, 6.07) is 17.8. The lowest BCUT2D eigenvalue weighted by Crippen LogP contribution is -2.22. The fraction of sp³-hybridized carbons (Fsp3) is 0.194. The number of aryl methyl sites for hydroxylation is 1. The zero-order chi connectivity index (χ0) is 30.0. The second kappa shape index (κ2) is 12.5. The van der Waals surface area contributed by atoms with Gasteiger partial charge in [0.15, 0.2) is 0 Å². The van der Waals surface area contributed by atoms with E-state index in [-0.39, 0.29) is 40.9 Å². The number of nitrogens with zero attached hydrogens (tertiary/aromatic N) is 4. The maximum absolute atomic E-state index is 15.0. The molecule has 0 bridgehead atoms. The van der Waals surface area contributed by atoms with Gasteiger partial charge in [0.2, 0.25) is 0 Å². The minimum absolute atomic E-state index is 0. The van der Waals surface area contributed by atoms with Gasteiger partial charge in [-0.15, -0.1) is 12.4 Å². The number of carbonyl (C=O) groups is 2. The van der Waals surface area contributed by atoms with Crippen molar-refractivity contribution < 1.29 is 18.7 Å². The zero-order valence-corrected chi connectivity index (χ0v) is 25.0. The number of hydrogen-bond acceptors (Lipinski definition) is 6. The van der Waals surface area contributed by atoms with Crippen molar-refractivity contribution in [1.29, 1.82) is 0 Å². The van der Waals surface area contributed by atoms with Gasteiger partial charge in [0.1, 0.15) is 28.8 Å². The second-order valence-corrected chi connectivity index (χ2v) is 10.7. The molecule has 3 amide bonds. The summed E-state index contributed by atoms with van der Waals surface area (Å²) in [7, 11) is 1.49. The summed E-state index contributed by atoms with van der Waals surface area (Å²) in [4.78, 5) is 33.4. The summed E-state index contributed by atoms with van der Waals surface area (Å²) in [6.45, 7) is 8.02. The largest absolute Gasteiger partial charge is 0.457 e. The van der Waals surface area contributed by atoms with Gasteiger partial charge in [-0.3, -0.25) is 20.1 Å². The lowest BCUT2D eigenvalue weighted by atomic mass is 9.92. The molecule has 0 aliphatic carbocycles. The summed E-state index contributed by atoms with van der Waals surface area (Å²) in [5, 5.41) is 13.5. The summed E-state index contributed by atoms with van der Waals surface area (Å²) < 4.78 is 22.3. The Kier molecular flexibility index (Phi) is 8.96. The van der Waals surface area contributed by atoms with Crippen LogP contribution in [0.4, 0.5) is 20.7 Å². The number of hydrogen-bond donors (Lipinski definition) is 3. The molecule has 12 heteroatoms. The van der Waals surface area contributed by atoms with Crippen LogP contribution in [0.15, 0.2) is 72.9 Å². The standard InChI is InChI=1S/C31H30FN7O3.ClH/c1-18-6-7-19-14-20(8-10-24(19)35-18)39-28(17-27(38-39)31(2,3)4)37-30(41)36-25-11-9-21(15-23(25)32)42-22-12-13-34-26(16-22)29(40)33-5;/h6-17H,1-5H3,(H,33,40)(H2,36,37,41);1H. The molecule has 0 saturated heterocycles. The van der Waals surface area contributed by atoms with Crippen LogP contribution in [0.3, 0.4) is 0 Å².